The Hall–Kier alpha value is 0.660. The zero-order chi connectivity index (χ0) is 17.1. The SMILES string of the molecule is N[C@@H](Cc1ccc(Oc2c(I)cc([O-])cc2I)cc1I)C(=O)O.[Na+]. The van der Waals surface area contributed by atoms with Crippen molar-refractivity contribution in [1.29, 1.82) is 0 Å². The number of hydrogen-bond acceptors (Lipinski definition) is 4. The van der Waals surface area contributed by atoms with Crippen molar-refractivity contribution in [1.82, 2.24) is 0 Å². The molecular formula is C15H11I3NNaO4. The first kappa shape index (κ1) is 22.7. The number of aliphatic carboxylic acids is 1. The fraction of sp³-hybridized carbons (Fsp3) is 0.133. The van der Waals surface area contributed by atoms with E-state index in [0.29, 0.717) is 11.5 Å². The molecule has 0 aliphatic heterocycles. The van der Waals surface area contributed by atoms with Gasteiger partial charge >= 0.3 is 35.5 Å². The molecule has 0 saturated carbocycles. The van der Waals surface area contributed by atoms with E-state index in [1.54, 1.807) is 6.07 Å². The molecule has 24 heavy (non-hydrogen) atoms. The van der Waals surface area contributed by atoms with Gasteiger partial charge in [0.2, 0.25) is 0 Å². The second-order valence-electron chi connectivity index (χ2n) is 4.72. The maximum atomic E-state index is 11.4. The van der Waals surface area contributed by atoms with Gasteiger partial charge < -0.3 is 20.7 Å². The van der Waals surface area contributed by atoms with Gasteiger partial charge in [0.05, 0.1) is 7.14 Å². The van der Waals surface area contributed by atoms with Crippen LogP contribution in [0.2, 0.25) is 0 Å². The van der Waals surface area contributed by atoms with Crippen molar-refractivity contribution in [2.45, 2.75) is 12.5 Å². The summed E-state index contributed by atoms with van der Waals surface area (Å²) in [5.74, 6) is 0.176. The average Bonchev–Trinajstić information content (AvgIpc) is 2.45. The minimum Gasteiger partial charge on any atom is -0.872 e. The van der Waals surface area contributed by atoms with Gasteiger partial charge in [-0.05, 0) is 91.9 Å². The zero-order valence-corrected chi connectivity index (χ0v) is 21.0. The molecule has 2 aromatic carbocycles. The predicted molar refractivity (Wildman–Crippen MR) is 110 cm³/mol. The van der Waals surface area contributed by atoms with Crippen molar-refractivity contribution in [3.05, 3.63) is 46.6 Å². The number of benzene rings is 2. The molecule has 122 valence electrons. The van der Waals surface area contributed by atoms with Gasteiger partial charge in [-0.3, -0.25) is 4.79 Å². The van der Waals surface area contributed by atoms with E-state index in [1.165, 1.54) is 12.1 Å². The fourth-order valence-corrected chi connectivity index (χ4v) is 4.47. The number of halogens is 3. The standard InChI is InChI=1S/C15H12I3NO4.Na/c16-10-6-9(2-1-7(10)3-13(19)15(21)22)23-14-11(17)4-8(20)5-12(14)18;/h1-2,4-6,13,20H,3,19H2,(H,21,22);/q;+1/p-1/t13-;/m0./s1. The first-order valence-corrected chi connectivity index (χ1v) is 9.62. The Kier molecular flexibility index (Phi) is 9.57. The van der Waals surface area contributed by atoms with Gasteiger partial charge in [0, 0.05) is 3.57 Å². The van der Waals surface area contributed by atoms with Gasteiger partial charge in [-0.15, -0.1) is 5.75 Å². The second kappa shape index (κ2) is 10.1. The molecule has 0 bridgehead atoms. The smallest absolute Gasteiger partial charge is 0.872 e. The number of rotatable bonds is 5. The Balaban J connectivity index is 0.00000288. The molecule has 0 heterocycles. The summed E-state index contributed by atoms with van der Waals surface area (Å²) in [6.07, 6.45) is 0.258. The van der Waals surface area contributed by atoms with Crippen molar-refractivity contribution in [3.63, 3.8) is 0 Å². The summed E-state index contributed by atoms with van der Waals surface area (Å²) in [6, 6.07) is 7.50. The summed E-state index contributed by atoms with van der Waals surface area (Å²) in [5, 5.41) is 20.3. The summed E-state index contributed by atoms with van der Waals surface area (Å²) in [7, 11) is 0. The molecule has 0 spiro atoms. The van der Waals surface area contributed by atoms with Crippen LogP contribution >= 0.6 is 67.8 Å². The first-order chi connectivity index (χ1) is 10.8. The first-order valence-electron chi connectivity index (χ1n) is 6.38. The number of carboxylic acid groups (broad SMARTS) is 1. The van der Waals surface area contributed by atoms with E-state index in [4.69, 9.17) is 15.6 Å². The molecule has 0 fully saturated rings. The molecule has 0 aliphatic carbocycles. The Morgan fingerprint density at radius 1 is 1.17 bits per heavy atom. The number of nitrogens with two attached hydrogens (primary N) is 1. The van der Waals surface area contributed by atoms with Gasteiger partial charge in [-0.2, -0.15) is 0 Å². The number of ether oxygens (including phenoxy) is 1. The van der Waals surface area contributed by atoms with E-state index in [9.17, 15) is 9.90 Å². The van der Waals surface area contributed by atoms with E-state index >= 15 is 0 Å². The Morgan fingerprint density at radius 2 is 1.75 bits per heavy atom. The molecule has 0 unspecified atom stereocenters. The van der Waals surface area contributed by atoms with Crippen molar-refractivity contribution >= 4 is 73.7 Å². The number of carbonyl (C=O) groups is 1. The summed E-state index contributed by atoms with van der Waals surface area (Å²) < 4.78 is 8.24. The van der Waals surface area contributed by atoms with Crippen molar-refractivity contribution in [2.75, 3.05) is 0 Å². The molecule has 0 aromatic heterocycles. The van der Waals surface area contributed by atoms with Crippen LogP contribution in [0.25, 0.3) is 0 Å². The molecule has 5 nitrogen and oxygen atoms in total. The van der Waals surface area contributed by atoms with E-state index in [-0.39, 0.29) is 41.7 Å². The Bertz CT molecular complexity index is 734. The van der Waals surface area contributed by atoms with E-state index in [2.05, 4.69) is 67.8 Å². The Morgan fingerprint density at radius 3 is 2.25 bits per heavy atom. The summed E-state index contributed by atoms with van der Waals surface area (Å²) in [4.78, 5) is 10.8. The van der Waals surface area contributed by atoms with Crippen LogP contribution in [0, 0.1) is 10.7 Å². The van der Waals surface area contributed by atoms with Crippen molar-refractivity contribution in [3.8, 4) is 17.2 Å². The maximum Gasteiger partial charge on any atom is 1.00 e. The maximum absolute atomic E-state index is 11.4. The average molecular weight is 673 g/mol. The van der Waals surface area contributed by atoms with Crippen molar-refractivity contribution < 1.29 is 49.3 Å². The van der Waals surface area contributed by atoms with Gasteiger partial charge in [-0.1, -0.05) is 18.2 Å². The van der Waals surface area contributed by atoms with E-state index < -0.39 is 12.0 Å². The van der Waals surface area contributed by atoms with Crippen LogP contribution in [0.1, 0.15) is 5.56 Å². The molecular weight excluding hydrogens is 662 g/mol. The molecule has 0 aliphatic rings. The van der Waals surface area contributed by atoms with E-state index in [0.717, 1.165) is 16.3 Å². The van der Waals surface area contributed by atoms with Crippen LogP contribution in [0.5, 0.6) is 17.2 Å². The molecule has 2 aromatic rings. The second-order valence-corrected chi connectivity index (χ2v) is 8.21. The molecule has 3 N–H and O–H groups in total. The van der Waals surface area contributed by atoms with Crippen LogP contribution in [-0.2, 0) is 11.2 Å². The van der Waals surface area contributed by atoms with Crippen LogP contribution in [0.4, 0.5) is 0 Å². The molecule has 1 atom stereocenters. The molecule has 0 saturated heterocycles. The third-order valence-corrected chi connectivity index (χ3v) is 5.58. The van der Waals surface area contributed by atoms with Gasteiger partial charge in [-0.25, -0.2) is 0 Å². The number of hydrogen-bond donors (Lipinski definition) is 2. The summed E-state index contributed by atoms with van der Waals surface area (Å²) in [5.41, 5.74) is 6.42. The summed E-state index contributed by atoms with van der Waals surface area (Å²) in [6.45, 7) is 0. The molecule has 9 heteroatoms. The number of carboxylic acids is 1. The van der Waals surface area contributed by atoms with Crippen LogP contribution in [0.15, 0.2) is 30.3 Å². The minimum atomic E-state index is -1.03. The Labute approximate surface area is 202 Å². The van der Waals surface area contributed by atoms with Gasteiger partial charge in [0.25, 0.3) is 0 Å². The predicted octanol–water partition coefficient (Wildman–Crippen LogP) is 0.325. The molecule has 2 rings (SSSR count). The third-order valence-electron chi connectivity index (χ3n) is 2.97. The van der Waals surface area contributed by atoms with Crippen LogP contribution in [0.3, 0.4) is 0 Å². The normalized spacial score (nSPS) is 11.5. The van der Waals surface area contributed by atoms with Gasteiger partial charge in [0.1, 0.15) is 11.8 Å². The monoisotopic (exact) mass is 673 g/mol. The molecule has 0 radical (unpaired) electrons. The zero-order valence-electron chi connectivity index (χ0n) is 12.6. The third kappa shape index (κ3) is 6.13. The largest absolute Gasteiger partial charge is 1.00 e. The minimum absolute atomic E-state index is 0. The van der Waals surface area contributed by atoms with Gasteiger partial charge in [0.15, 0.2) is 5.75 Å². The van der Waals surface area contributed by atoms with E-state index in [1.807, 2.05) is 12.1 Å². The van der Waals surface area contributed by atoms with Crippen molar-refractivity contribution in [2.24, 2.45) is 5.73 Å². The summed E-state index contributed by atoms with van der Waals surface area (Å²) >= 11 is 6.25. The quantitative estimate of drug-likeness (QED) is 0.353. The fourth-order valence-electron chi connectivity index (χ4n) is 1.83. The van der Waals surface area contributed by atoms with Crippen LogP contribution < -0.4 is 45.1 Å². The molecule has 0 amide bonds. The van der Waals surface area contributed by atoms with Crippen LogP contribution in [-0.4, -0.2) is 17.1 Å². The topological polar surface area (TPSA) is 95.6 Å².